The fourth-order valence-electron chi connectivity index (χ4n) is 0.385. The van der Waals surface area contributed by atoms with E-state index in [1.807, 2.05) is 37.7 Å². The van der Waals surface area contributed by atoms with E-state index >= 15 is 0 Å². The van der Waals surface area contributed by atoms with E-state index < -0.39 is 0 Å². The van der Waals surface area contributed by atoms with Gasteiger partial charge in [0, 0.05) is 0 Å². The molecule has 0 aliphatic heterocycles. The number of hydrogen-bond acceptors (Lipinski definition) is 0. The third-order valence-corrected chi connectivity index (χ3v) is 0.667. The fourth-order valence-corrected chi connectivity index (χ4v) is 0.385. The third kappa shape index (κ3) is 0.781. The van der Waals surface area contributed by atoms with Crippen molar-refractivity contribution >= 4 is 13.8 Å². The standard InChI is InChI=1S/C4H4B2/c1-2-6-4-3-5-1/h1-4H. The van der Waals surface area contributed by atoms with Gasteiger partial charge in [-0.2, -0.15) is 0 Å². The van der Waals surface area contributed by atoms with Gasteiger partial charge in [0.15, 0.2) is 0 Å². The van der Waals surface area contributed by atoms with Crippen LogP contribution >= 0.6 is 0 Å². The first-order valence-electron chi connectivity index (χ1n) is 2.00. The van der Waals surface area contributed by atoms with Crippen LogP contribution in [0.15, 0.2) is 23.8 Å². The molecule has 26 valence electrons. The number of rotatable bonds is 0. The summed E-state index contributed by atoms with van der Waals surface area (Å²) in [6, 6.07) is 0. The van der Waals surface area contributed by atoms with Crippen molar-refractivity contribution in [1.82, 2.24) is 0 Å². The Labute approximate surface area is 38.6 Å². The Bertz CT molecular complexity index is 77.5. The van der Waals surface area contributed by atoms with E-state index in [1.54, 1.807) is 0 Å². The van der Waals surface area contributed by atoms with Gasteiger partial charge in [-0.1, -0.05) is 0 Å². The molecule has 6 heavy (non-hydrogen) atoms. The summed E-state index contributed by atoms with van der Waals surface area (Å²) >= 11 is 0. The summed E-state index contributed by atoms with van der Waals surface area (Å²) in [5.41, 5.74) is 0. The molecule has 0 amide bonds. The molecule has 0 radical (unpaired) electrons. The second-order valence-electron chi connectivity index (χ2n) is 1.15. The van der Waals surface area contributed by atoms with Gasteiger partial charge in [-0.25, -0.2) is 0 Å². The molecule has 0 atom stereocenters. The van der Waals surface area contributed by atoms with Crippen molar-refractivity contribution in [3.05, 3.63) is 23.8 Å². The van der Waals surface area contributed by atoms with Crippen LogP contribution in [0.5, 0.6) is 0 Å². The molecule has 0 nitrogen and oxygen atoms in total. The van der Waals surface area contributed by atoms with E-state index in [4.69, 9.17) is 0 Å². The Kier molecular flexibility index (Phi) is 1.21. The van der Waals surface area contributed by atoms with Gasteiger partial charge in [0.2, 0.25) is 0 Å². The summed E-state index contributed by atoms with van der Waals surface area (Å²) in [4.78, 5) is 0. The van der Waals surface area contributed by atoms with Crippen LogP contribution < -0.4 is 0 Å². The zero-order valence-corrected chi connectivity index (χ0v) is 3.46. The fraction of sp³-hybridized carbons (Fsp3) is 0. The van der Waals surface area contributed by atoms with E-state index in [1.165, 1.54) is 0 Å². The van der Waals surface area contributed by atoms with Crippen LogP contribution in [0.1, 0.15) is 0 Å². The first-order chi connectivity index (χ1) is 3.00. The molecule has 1 aromatic rings. The van der Waals surface area contributed by atoms with Crippen molar-refractivity contribution in [3.8, 4) is 0 Å². The summed E-state index contributed by atoms with van der Waals surface area (Å²) in [6.45, 7) is 4.00. The van der Waals surface area contributed by atoms with Crippen molar-refractivity contribution in [2.45, 2.75) is 0 Å². The van der Waals surface area contributed by atoms with E-state index in [9.17, 15) is 0 Å². The molecule has 2 heteroatoms. The average Bonchev–Trinajstić information content (AvgIpc) is 1.72. The molecule has 0 aromatic carbocycles. The van der Waals surface area contributed by atoms with Crippen molar-refractivity contribution in [2.24, 2.45) is 0 Å². The van der Waals surface area contributed by atoms with Crippen LogP contribution in [0.3, 0.4) is 0 Å². The first-order valence-corrected chi connectivity index (χ1v) is 2.00. The quantitative estimate of drug-likeness (QED) is 0.416. The molecular weight excluding hydrogens is 69.7 g/mol. The second kappa shape index (κ2) is 1.91. The Morgan fingerprint density at radius 3 is 1.17 bits per heavy atom. The van der Waals surface area contributed by atoms with Crippen LogP contribution in [-0.2, 0) is 0 Å². The minimum absolute atomic E-state index is 2.00. The molecule has 1 heterocycles. The van der Waals surface area contributed by atoms with Gasteiger partial charge in [-0.15, -0.1) is 0 Å². The molecule has 0 aliphatic carbocycles. The van der Waals surface area contributed by atoms with E-state index in [-0.39, 0.29) is 0 Å². The van der Waals surface area contributed by atoms with E-state index in [0.717, 1.165) is 0 Å². The van der Waals surface area contributed by atoms with Gasteiger partial charge in [-0.3, -0.25) is 0 Å². The third-order valence-electron chi connectivity index (χ3n) is 0.667. The average molecular weight is 73.7 g/mol. The van der Waals surface area contributed by atoms with Gasteiger partial charge in [0.1, 0.15) is 0 Å². The molecule has 1 aromatic heterocycles. The summed E-state index contributed by atoms with van der Waals surface area (Å²) < 4.78 is 0. The van der Waals surface area contributed by atoms with Crippen molar-refractivity contribution < 1.29 is 0 Å². The summed E-state index contributed by atoms with van der Waals surface area (Å²) in [5.74, 6) is 8.00. The van der Waals surface area contributed by atoms with Gasteiger partial charge in [0.25, 0.3) is 0 Å². The van der Waals surface area contributed by atoms with Gasteiger partial charge < -0.3 is 0 Å². The van der Waals surface area contributed by atoms with Crippen LogP contribution in [0.4, 0.5) is 0 Å². The summed E-state index contributed by atoms with van der Waals surface area (Å²) in [5, 5.41) is 0. The Morgan fingerprint density at radius 2 is 1.00 bits per heavy atom. The molecular formula is C4H4B2. The van der Waals surface area contributed by atoms with Crippen LogP contribution in [0, 0.1) is 0 Å². The summed E-state index contributed by atoms with van der Waals surface area (Å²) in [7, 11) is 0. The zero-order valence-electron chi connectivity index (χ0n) is 3.46. The van der Waals surface area contributed by atoms with E-state index in [0.29, 0.717) is 0 Å². The normalized spacial score (nSPS) is 6.67. The minimum atomic E-state index is 2.00. The predicted molar refractivity (Wildman–Crippen MR) is 29.1 cm³/mol. The van der Waals surface area contributed by atoms with E-state index in [2.05, 4.69) is 0 Å². The molecule has 0 spiro atoms. The first kappa shape index (κ1) is 3.79. The molecule has 0 N–H and O–H groups in total. The Morgan fingerprint density at radius 1 is 0.667 bits per heavy atom. The molecule has 1 rings (SSSR count). The van der Waals surface area contributed by atoms with Crippen molar-refractivity contribution in [2.75, 3.05) is 0 Å². The molecule has 0 saturated carbocycles. The monoisotopic (exact) mass is 74.0 g/mol. The molecule has 0 aliphatic rings. The molecule has 0 fully saturated rings. The van der Waals surface area contributed by atoms with Crippen LogP contribution in [0.2, 0.25) is 0 Å². The molecule has 0 bridgehead atoms. The molecule has 0 unspecified atom stereocenters. The zero-order chi connectivity index (χ0) is 4.24. The maximum atomic E-state index is 2.00. The SMILES string of the molecule is b1ccbcc1. The second-order valence-corrected chi connectivity index (χ2v) is 1.15. The Hall–Kier alpha value is -0.390. The molecule has 0 saturated heterocycles. The summed E-state index contributed by atoms with van der Waals surface area (Å²) in [6.07, 6.45) is 0. The van der Waals surface area contributed by atoms with Crippen molar-refractivity contribution in [1.29, 1.82) is 0 Å². The van der Waals surface area contributed by atoms with Crippen molar-refractivity contribution in [3.63, 3.8) is 0 Å². The van der Waals surface area contributed by atoms with Crippen LogP contribution in [-0.4, -0.2) is 13.8 Å². The van der Waals surface area contributed by atoms with Crippen LogP contribution in [0.25, 0.3) is 0 Å². The number of hydrogen-bond donors (Lipinski definition) is 0. The topological polar surface area (TPSA) is 0 Å². The van der Waals surface area contributed by atoms with Gasteiger partial charge in [0.05, 0.1) is 0 Å². The van der Waals surface area contributed by atoms with Gasteiger partial charge >= 0.3 is 37.7 Å². The Balaban J connectivity index is 3.00. The van der Waals surface area contributed by atoms with Gasteiger partial charge in [-0.05, 0) is 0 Å². The maximum absolute atomic E-state index is 2.00. The predicted octanol–water partition coefficient (Wildman–Crippen LogP) is 0.363.